The van der Waals surface area contributed by atoms with Gasteiger partial charge >= 0.3 is 0 Å². The minimum absolute atomic E-state index is 0.132. The van der Waals surface area contributed by atoms with E-state index in [9.17, 15) is 13.2 Å². The Bertz CT molecular complexity index is 1000. The highest BCUT2D eigenvalue weighted by atomic mass is 32.2. The van der Waals surface area contributed by atoms with Crippen molar-refractivity contribution in [2.45, 2.75) is 26.7 Å². The van der Waals surface area contributed by atoms with Crippen molar-refractivity contribution < 1.29 is 17.9 Å². The summed E-state index contributed by atoms with van der Waals surface area (Å²) in [5.41, 5.74) is 4.61. The van der Waals surface area contributed by atoms with E-state index in [4.69, 9.17) is 4.74 Å². The van der Waals surface area contributed by atoms with Crippen molar-refractivity contribution in [2.75, 3.05) is 53.6 Å². The first-order chi connectivity index (χ1) is 14.7. The predicted molar refractivity (Wildman–Crippen MR) is 125 cm³/mol. The van der Waals surface area contributed by atoms with Gasteiger partial charge in [-0.15, -0.1) is 0 Å². The van der Waals surface area contributed by atoms with Crippen molar-refractivity contribution in [1.82, 2.24) is 0 Å². The first-order valence-corrected chi connectivity index (χ1v) is 12.4. The van der Waals surface area contributed by atoms with Crippen LogP contribution >= 0.6 is 0 Å². The molecule has 0 aromatic heterocycles. The molecular weight excluding hydrogens is 414 g/mol. The maximum atomic E-state index is 12.4. The third kappa shape index (κ3) is 6.45. The zero-order valence-electron chi connectivity index (χ0n) is 18.4. The lowest BCUT2D eigenvalue weighted by molar-refractivity contribution is -0.116. The maximum Gasteiger partial charge on any atom is 0.232 e. The molecule has 7 nitrogen and oxygen atoms in total. The molecule has 1 aliphatic rings. The number of anilines is 3. The van der Waals surface area contributed by atoms with E-state index in [0.717, 1.165) is 48.8 Å². The van der Waals surface area contributed by atoms with Gasteiger partial charge in [0.25, 0.3) is 0 Å². The van der Waals surface area contributed by atoms with E-state index in [1.807, 2.05) is 50.2 Å². The van der Waals surface area contributed by atoms with Crippen LogP contribution in [-0.4, -0.2) is 53.4 Å². The number of nitrogens with zero attached hydrogens (tertiary/aromatic N) is 2. The van der Waals surface area contributed by atoms with Gasteiger partial charge in [0.1, 0.15) is 0 Å². The van der Waals surface area contributed by atoms with Gasteiger partial charge in [-0.1, -0.05) is 6.07 Å². The number of amides is 1. The summed E-state index contributed by atoms with van der Waals surface area (Å²) in [5, 5.41) is 2.89. The molecule has 3 rings (SSSR count). The highest BCUT2D eigenvalue weighted by molar-refractivity contribution is 7.92. The summed E-state index contributed by atoms with van der Waals surface area (Å²) in [7, 11) is -3.43. The number of sulfonamides is 1. The zero-order valence-corrected chi connectivity index (χ0v) is 19.2. The number of ether oxygens (including phenoxy) is 1. The molecule has 0 atom stereocenters. The minimum Gasteiger partial charge on any atom is -0.378 e. The summed E-state index contributed by atoms with van der Waals surface area (Å²) < 4.78 is 31.3. The van der Waals surface area contributed by atoms with Crippen LogP contribution in [0.15, 0.2) is 42.5 Å². The van der Waals surface area contributed by atoms with Gasteiger partial charge in [0.2, 0.25) is 15.9 Å². The third-order valence-electron chi connectivity index (χ3n) is 5.47. The Morgan fingerprint density at radius 1 is 1.06 bits per heavy atom. The largest absolute Gasteiger partial charge is 0.378 e. The molecule has 1 amide bonds. The average molecular weight is 446 g/mol. The number of aryl methyl sites for hydroxylation is 2. The molecule has 0 spiro atoms. The molecule has 0 bridgehead atoms. The molecule has 0 unspecified atom stereocenters. The third-order valence-corrected chi connectivity index (χ3v) is 6.67. The zero-order chi connectivity index (χ0) is 22.4. The summed E-state index contributed by atoms with van der Waals surface area (Å²) in [6, 6.07) is 13.3. The first kappa shape index (κ1) is 23.1. The van der Waals surface area contributed by atoms with Crippen LogP contribution in [0, 0.1) is 13.8 Å². The molecule has 1 fully saturated rings. The molecular formula is C23H31N3O4S. The molecule has 168 valence electrons. The predicted octanol–water partition coefficient (Wildman–Crippen LogP) is 3.32. The van der Waals surface area contributed by atoms with Crippen molar-refractivity contribution in [3.63, 3.8) is 0 Å². The van der Waals surface area contributed by atoms with Gasteiger partial charge in [-0.25, -0.2) is 8.42 Å². The highest BCUT2D eigenvalue weighted by Crippen LogP contribution is 2.22. The summed E-state index contributed by atoms with van der Waals surface area (Å²) in [5.74, 6) is -0.132. The second-order valence-corrected chi connectivity index (χ2v) is 9.81. The van der Waals surface area contributed by atoms with Crippen LogP contribution in [0.5, 0.6) is 0 Å². The van der Waals surface area contributed by atoms with Crippen molar-refractivity contribution in [1.29, 1.82) is 0 Å². The first-order valence-electron chi connectivity index (χ1n) is 10.5. The quantitative estimate of drug-likeness (QED) is 0.674. The van der Waals surface area contributed by atoms with Crippen LogP contribution in [0.4, 0.5) is 17.1 Å². The highest BCUT2D eigenvalue weighted by Gasteiger charge is 2.18. The van der Waals surface area contributed by atoms with E-state index >= 15 is 0 Å². The molecule has 1 aliphatic heterocycles. The number of rotatable bonds is 8. The van der Waals surface area contributed by atoms with Gasteiger partial charge in [0, 0.05) is 37.4 Å². The van der Waals surface area contributed by atoms with E-state index in [2.05, 4.69) is 10.2 Å². The smallest absolute Gasteiger partial charge is 0.232 e. The fourth-order valence-electron chi connectivity index (χ4n) is 3.55. The Balaban J connectivity index is 1.53. The number of morpholine rings is 1. The van der Waals surface area contributed by atoms with E-state index in [1.165, 1.54) is 10.6 Å². The van der Waals surface area contributed by atoms with Crippen LogP contribution in [0.1, 0.15) is 24.0 Å². The number of hydrogen-bond acceptors (Lipinski definition) is 5. The molecule has 0 radical (unpaired) electrons. The summed E-state index contributed by atoms with van der Waals surface area (Å²) in [6.45, 7) is 7.38. The lowest BCUT2D eigenvalue weighted by Gasteiger charge is -2.28. The second kappa shape index (κ2) is 10.2. The topological polar surface area (TPSA) is 79.0 Å². The normalized spacial score (nSPS) is 14.4. The van der Waals surface area contributed by atoms with Crippen molar-refractivity contribution in [3.05, 3.63) is 53.6 Å². The number of nitrogens with one attached hydrogen (secondary N) is 1. The Kier molecular flexibility index (Phi) is 7.56. The van der Waals surface area contributed by atoms with Gasteiger partial charge in [0.15, 0.2) is 0 Å². The standard InChI is InChI=1S/C23H31N3O4S/c1-18-6-9-22(17-19(18)2)26(31(3,28)29)12-4-5-23(27)24-20-7-10-21(11-8-20)25-13-15-30-16-14-25/h6-11,17H,4-5,12-16H2,1-3H3,(H,24,27). The molecule has 0 saturated carbocycles. The van der Waals surface area contributed by atoms with Crippen LogP contribution in [-0.2, 0) is 19.6 Å². The lowest BCUT2D eigenvalue weighted by atomic mass is 10.1. The summed E-state index contributed by atoms with van der Waals surface area (Å²) in [4.78, 5) is 14.6. The Morgan fingerprint density at radius 3 is 2.35 bits per heavy atom. The number of carbonyl (C=O) groups is 1. The Morgan fingerprint density at radius 2 is 1.74 bits per heavy atom. The number of benzene rings is 2. The summed E-state index contributed by atoms with van der Waals surface area (Å²) >= 11 is 0. The Labute approximate surface area is 185 Å². The van der Waals surface area contributed by atoms with Gasteiger partial charge in [-0.3, -0.25) is 9.10 Å². The van der Waals surface area contributed by atoms with Crippen molar-refractivity contribution in [3.8, 4) is 0 Å². The number of carbonyl (C=O) groups excluding carboxylic acids is 1. The van der Waals surface area contributed by atoms with Gasteiger partial charge < -0.3 is 15.0 Å². The van der Waals surface area contributed by atoms with Crippen LogP contribution in [0.2, 0.25) is 0 Å². The summed E-state index contributed by atoms with van der Waals surface area (Å²) in [6.07, 6.45) is 1.86. The van der Waals surface area contributed by atoms with Gasteiger partial charge in [-0.2, -0.15) is 0 Å². The molecule has 2 aromatic rings. The second-order valence-electron chi connectivity index (χ2n) is 7.90. The lowest BCUT2D eigenvalue weighted by Crippen LogP contribution is -2.36. The van der Waals surface area contributed by atoms with Crippen LogP contribution in [0.25, 0.3) is 0 Å². The average Bonchev–Trinajstić information content (AvgIpc) is 2.74. The van der Waals surface area contributed by atoms with Crippen molar-refractivity contribution >= 4 is 33.0 Å². The molecule has 1 N–H and O–H groups in total. The van der Waals surface area contributed by atoms with Crippen molar-refractivity contribution in [2.24, 2.45) is 0 Å². The van der Waals surface area contributed by atoms with Gasteiger partial charge in [0.05, 0.1) is 25.2 Å². The fourth-order valence-corrected chi connectivity index (χ4v) is 4.51. The minimum atomic E-state index is -3.43. The van der Waals surface area contributed by atoms with Crippen LogP contribution < -0.4 is 14.5 Å². The van der Waals surface area contributed by atoms with E-state index < -0.39 is 10.0 Å². The fraction of sp³-hybridized carbons (Fsp3) is 0.435. The van der Waals surface area contributed by atoms with E-state index in [-0.39, 0.29) is 18.9 Å². The molecule has 2 aromatic carbocycles. The maximum absolute atomic E-state index is 12.4. The van der Waals surface area contributed by atoms with E-state index in [0.29, 0.717) is 12.1 Å². The molecule has 8 heteroatoms. The molecule has 1 heterocycles. The molecule has 31 heavy (non-hydrogen) atoms. The van der Waals surface area contributed by atoms with Crippen LogP contribution in [0.3, 0.4) is 0 Å². The molecule has 0 aliphatic carbocycles. The number of hydrogen-bond donors (Lipinski definition) is 1. The van der Waals surface area contributed by atoms with E-state index in [1.54, 1.807) is 6.07 Å². The van der Waals surface area contributed by atoms with Gasteiger partial charge in [-0.05, 0) is 67.8 Å². The Hall–Kier alpha value is -2.58. The monoisotopic (exact) mass is 445 g/mol. The molecule has 1 saturated heterocycles. The SMILES string of the molecule is Cc1ccc(N(CCCC(=O)Nc2ccc(N3CCOCC3)cc2)S(C)(=O)=O)cc1C.